The van der Waals surface area contributed by atoms with Crippen molar-refractivity contribution < 1.29 is 23.1 Å². The lowest BCUT2D eigenvalue weighted by Crippen LogP contribution is -2.49. The number of hydrazine groups is 2. The summed E-state index contributed by atoms with van der Waals surface area (Å²) in [5.41, 5.74) is 8.75. The van der Waals surface area contributed by atoms with Gasteiger partial charge in [-0.15, -0.1) is 5.53 Å². The number of carbonyl (C=O) groups excluding carboxylic acids is 2. The summed E-state index contributed by atoms with van der Waals surface area (Å²) in [7, 11) is 1.46. The summed E-state index contributed by atoms with van der Waals surface area (Å²) in [6, 6.07) is 14.8. The lowest BCUT2D eigenvalue weighted by atomic mass is 9.84. The zero-order chi connectivity index (χ0) is 37.3. The maximum Gasteiger partial charge on any atom is 0.270 e. The molecule has 53 heavy (non-hydrogen) atoms. The number of methoxy groups -OCH3 is 1. The van der Waals surface area contributed by atoms with Gasteiger partial charge in [-0.25, -0.2) is 13.8 Å². The number of pyridine rings is 1. The van der Waals surface area contributed by atoms with Crippen molar-refractivity contribution in [3.63, 3.8) is 0 Å². The number of hydrogen-bond donors (Lipinski definition) is 3. The van der Waals surface area contributed by atoms with Gasteiger partial charge in [0.25, 0.3) is 5.91 Å². The minimum Gasteiger partial charge on any atom is -0.493 e. The van der Waals surface area contributed by atoms with E-state index in [9.17, 15) is 19.2 Å². The maximum atomic E-state index is 16.8. The number of carbonyl (C=O) groups is 2. The van der Waals surface area contributed by atoms with Crippen molar-refractivity contribution >= 4 is 34.1 Å². The molecule has 3 aliphatic heterocycles. The fourth-order valence-electron chi connectivity index (χ4n) is 7.02. The van der Waals surface area contributed by atoms with Crippen LogP contribution in [0.2, 0.25) is 0 Å². The van der Waals surface area contributed by atoms with E-state index in [1.165, 1.54) is 13.2 Å². The number of piperazine rings is 1. The van der Waals surface area contributed by atoms with Gasteiger partial charge in [0.1, 0.15) is 11.5 Å². The monoisotopic (exact) mass is 721 g/mol. The predicted octanol–water partition coefficient (Wildman–Crippen LogP) is 5.08. The van der Waals surface area contributed by atoms with E-state index in [0.29, 0.717) is 79.3 Å². The third-order valence-electron chi connectivity index (χ3n) is 10.1. The molecule has 2 aromatic heterocycles. The van der Waals surface area contributed by atoms with Crippen molar-refractivity contribution in [2.75, 3.05) is 57.8 Å². The lowest BCUT2D eigenvalue weighted by Gasteiger charge is -2.35. The molecule has 7 rings (SSSR count). The molecule has 2 aromatic carbocycles. The molecular weight excluding hydrogens is 680 g/mol. The first-order valence-electron chi connectivity index (χ1n) is 17.6. The molecule has 3 aliphatic rings. The molecule has 5 heterocycles. The van der Waals surface area contributed by atoms with Gasteiger partial charge in [0.2, 0.25) is 5.91 Å². The van der Waals surface area contributed by atoms with Crippen LogP contribution in [0.3, 0.4) is 0 Å². The van der Waals surface area contributed by atoms with Gasteiger partial charge in [0.15, 0.2) is 17.4 Å². The first-order valence-corrected chi connectivity index (χ1v) is 17.6. The highest BCUT2D eigenvalue weighted by atomic mass is 19.1. The topological polar surface area (TPSA) is 133 Å². The van der Waals surface area contributed by atoms with Crippen molar-refractivity contribution in [2.24, 2.45) is 0 Å². The number of hydrogen-bond acceptors (Lipinski definition) is 9. The molecule has 0 radical (unpaired) electrons. The number of benzene rings is 2. The molecule has 1 fully saturated rings. The average molecular weight is 722 g/mol. The Balaban J connectivity index is 1.20. The molecule has 3 N–H and O–H groups in total. The van der Waals surface area contributed by atoms with Gasteiger partial charge >= 0.3 is 0 Å². The second-order valence-corrected chi connectivity index (χ2v) is 13.9. The number of anilines is 1. The Kier molecular flexibility index (Phi) is 9.76. The third kappa shape index (κ3) is 7.12. The highest BCUT2D eigenvalue weighted by Gasteiger charge is 2.29. The van der Waals surface area contributed by atoms with Crippen LogP contribution in [-0.4, -0.2) is 89.5 Å². The molecule has 14 heteroatoms. The zero-order valence-electron chi connectivity index (χ0n) is 29.9. The number of aromatic amines is 1. The molecule has 4 aromatic rings. The normalized spacial score (nSPS) is 16.1. The SMILES string of the molecule is COc1cc(F)cnc1N1CCN(C(=O)c2cc3c(-c4cccc(C(C)(C)C#N)c4)cc(C4=CCCN(C(=O)CCN5C=CNN5)C4)c(F)c3[nH]2)CC1. The first-order chi connectivity index (χ1) is 25.6. The minimum atomic E-state index is -0.768. The second-order valence-electron chi connectivity index (χ2n) is 13.9. The summed E-state index contributed by atoms with van der Waals surface area (Å²) >= 11 is 0. The number of nitrogens with zero attached hydrogens (tertiary/aromatic N) is 6. The van der Waals surface area contributed by atoms with Gasteiger partial charge in [-0.05, 0) is 60.7 Å². The van der Waals surface area contributed by atoms with E-state index in [-0.39, 0.29) is 36.0 Å². The molecule has 12 nitrogen and oxygen atoms in total. The van der Waals surface area contributed by atoms with Gasteiger partial charge < -0.3 is 29.8 Å². The molecular formula is C39H41F2N9O3. The van der Waals surface area contributed by atoms with Crippen LogP contribution in [0, 0.1) is 23.0 Å². The predicted molar refractivity (Wildman–Crippen MR) is 197 cm³/mol. The fourth-order valence-corrected chi connectivity index (χ4v) is 7.02. The van der Waals surface area contributed by atoms with Crippen LogP contribution in [0.25, 0.3) is 27.6 Å². The van der Waals surface area contributed by atoms with E-state index < -0.39 is 17.0 Å². The van der Waals surface area contributed by atoms with E-state index in [2.05, 4.69) is 27.0 Å². The highest BCUT2D eigenvalue weighted by Crippen LogP contribution is 2.38. The summed E-state index contributed by atoms with van der Waals surface area (Å²) in [5.74, 6) is -0.502. The molecule has 1 saturated heterocycles. The van der Waals surface area contributed by atoms with Gasteiger partial charge in [0.05, 0.1) is 30.3 Å². The zero-order valence-corrected chi connectivity index (χ0v) is 29.9. The number of aromatic nitrogens is 2. The van der Waals surface area contributed by atoms with E-state index in [1.54, 1.807) is 33.1 Å². The summed E-state index contributed by atoms with van der Waals surface area (Å²) in [4.78, 5) is 40.0. The number of ether oxygens (including phenoxy) is 1. The molecule has 0 atom stereocenters. The molecule has 274 valence electrons. The van der Waals surface area contributed by atoms with E-state index in [1.807, 2.05) is 55.3 Å². The summed E-state index contributed by atoms with van der Waals surface area (Å²) in [6.45, 7) is 6.55. The van der Waals surface area contributed by atoms with E-state index in [0.717, 1.165) is 17.3 Å². The van der Waals surface area contributed by atoms with Gasteiger partial charge in [-0.2, -0.15) is 5.26 Å². The summed E-state index contributed by atoms with van der Waals surface area (Å²) in [6.07, 6.45) is 7.52. The van der Waals surface area contributed by atoms with Crippen molar-refractivity contribution in [2.45, 2.75) is 32.1 Å². The standard InChI is InChI=1S/C39H41F2N9O3/c1-39(2,24-42)27-8-4-6-25(18-27)29-20-30(26-7-5-11-49(23-26)34(51)9-12-50-13-10-44-46-50)35(41)36-31(29)21-32(45-36)38(52)48-16-14-47(15-17-48)37-33(53-3)19-28(40)22-43-37/h4,6-8,10,13,18-22,44-46H,5,9,11-12,14-17,23H2,1-3H3. The second kappa shape index (κ2) is 14.6. The van der Waals surface area contributed by atoms with Crippen LogP contribution < -0.4 is 20.6 Å². The summed E-state index contributed by atoms with van der Waals surface area (Å²) < 4.78 is 35.9. The van der Waals surface area contributed by atoms with Crippen LogP contribution in [-0.2, 0) is 10.2 Å². The van der Waals surface area contributed by atoms with Crippen molar-refractivity contribution in [3.05, 3.63) is 95.6 Å². The number of amides is 2. The number of H-pyrrole nitrogens is 1. The molecule has 0 aliphatic carbocycles. The van der Waals surface area contributed by atoms with Crippen LogP contribution in [0.1, 0.15) is 48.3 Å². The quantitative estimate of drug-likeness (QED) is 0.217. The highest BCUT2D eigenvalue weighted by molar-refractivity contribution is 6.04. The molecule has 0 spiro atoms. The van der Waals surface area contributed by atoms with Gasteiger partial charge in [0, 0.05) is 81.7 Å². The summed E-state index contributed by atoms with van der Waals surface area (Å²) in [5, 5.41) is 12.2. The molecule has 2 amide bonds. The largest absolute Gasteiger partial charge is 0.493 e. The Morgan fingerprint density at radius 3 is 2.58 bits per heavy atom. The number of nitrogens with one attached hydrogen (secondary N) is 3. The molecule has 0 saturated carbocycles. The Morgan fingerprint density at radius 2 is 1.85 bits per heavy atom. The molecule has 0 bridgehead atoms. The lowest BCUT2D eigenvalue weighted by molar-refractivity contribution is -0.131. The first kappa shape index (κ1) is 35.5. The number of halogens is 2. The number of nitriles is 1. The van der Waals surface area contributed by atoms with Gasteiger partial charge in [-0.1, -0.05) is 24.3 Å². The number of rotatable bonds is 9. The number of fused-ring (bicyclic) bond motifs is 1. The van der Waals surface area contributed by atoms with E-state index in [4.69, 9.17) is 4.74 Å². The van der Waals surface area contributed by atoms with Gasteiger partial charge in [-0.3, -0.25) is 14.6 Å². The van der Waals surface area contributed by atoms with E-state index >= 15 is 4.39 Å². The van der Waals surface area contributed by atoms with Crippen LogP contribution in [0.5, 0.6) is 5.75 Å². The average Bonchev–Trinajstić information content (AvgIpc) is 3.88. The fraction of sp³-hybridized carbons (Fsp3) is 0.333. The van der Waals surface area contributed by atoms with Crippen LogP contribution >= 0.6 is 0 Å². The third-order valence-corrected chi connectivity index (χ3v) is 10.1. The van der Waals surface area contributed by atoms with Crippen LogP contribution in [0.15, 0.2) is 67.1 Å². The molecule has 0 unspecified atom stereocenters. The Labute approximate surface area is 306 Å². The van der Waals surface area contributed by atoms with Crippen LogP contribution in [0.4, 0.5) is 14.6 Å². The minimum absolute atomic E-state index is 0.0349. The van der Waals surface area contributed by atoms with Crippen molar-refractivity contribution in [3.8, 4) is 22.9 Å². The van der Waals surface area contributed by atoms with Crippen molar-refractivity contribution in [1.29, 1.82) is 5.26 Å². The Hall–Kier alpha value is -5.94. The van der Waals surface area contributed by atoms with Crippen molar-refractivity contribution in [1.82, 2.24) is 35.7 Å². The maximum absolute atomic E-state index is 16.8. The Morgan fingerprint density at radius 1 is 1.04 bits per heavy atom. The Bertz CT molecular complexity index is 2160. The smallest absolute Gasteiger partial charge is 0.270 e.